The zero-order chi connectivity index (χ0) is 23.9. The summed E-state index contributed by atoms with van der Waals surface area (Å²) in [5.74, 6) is -1.95. The van der Waals surface area contributed by atoms with Crippen molar-refractivity contribution in [1.29, 1.82) is 0 Å². The Kier molecular flexibility index (Phi) is 6.00. The fraction of sp³-hybridized carbons (Fsp3) is 0.560. The number of nitrogens with zero attached hydrogens (tertiary/aromatic N) is 3. The first-order valence-corrected chi connectivity index (χ1v) is 12.0. The van der Waals surface area contributed by atoms with Crippen molar-refractivity contribution in [1.82, 2.24) is 10.3 Å². The Morgan fingerprint density at radius 2 is 1.94 bits per heavy atom. The summed E-state index contributed by atoms with van der Waals surface area (Å²) in [4.78, 5) is 23.1. The summed E-state index contributed by atoms with van der Waals surface area (Å²) in [5.41, 5.74) is 1.29. The Bertz CT molecular complexity index is 1090. The lowest BCUT2D eigenvalue weighted by molar-refractivity contribution is -0.178. The third kappa shape index (κ3) is 4.89. The van der Waals surface area contributed by atoms with Crippen LogP contribution >= 0.6 is 0 Å². The zero-order valence-electron chi connectivity index (χ0n) is 18.9. The average molecular weight is 475 g/mol. The maximum atomic E-state index is 13.9. The van der Waals surface area contributed by atoms with Gasteiger partial charge in [-0.3, -0.25) is 14.8 Å². The minimum absolute atomic E-state index is 0.0200. The van der Waals surface area contributed by atoms with E-state index in [2.05, 4.69) is 15.3 Å². The minimum Gasteiger partial charge on any atom is -0.389 e. The molecule has 34 heavy (non-hydrogen) atoms. The van der Waals surface area contributed by atoms with Gasteiger partial charge in [0.2, 0.25) is 5.91 Å². The standard InChI is InChI=1S/C25H29F3N4O2/c26-25(27,28)16-11-17(31-22(33)12-24(34)8-2-1-3-9-24)15-32(14-16)21-7-6-18(20-13-30-20)23-19(21)5-4-10-29-23/h4-7,10,13,16-17,20,34H,1-3,8-9,11-12,14-15H2,(H,31,33). The summed E-state index contributed by atoms with van der Waals surface area (Å²) >= 11 is 0. The molecular formula is C25H29F3N4O2. The number of hydrogen-bond acceptors (Lipinski definition) is 5. The van der Waals surface area contributed by atoms with Crippen molar-refractivity contribution in [3.8, 4) is 0 Å². The molecule has 1 aliphatic carbocycles. The number of aromatic nitrogens is 1. The fourth-order valence-corrected chi connectivity index (χ4v) is 5.50. The monoisotopic (exact) mass is 474 g/mol. The average Bonchev–Trinajstić information content (AvgIpc) is 3.63. The molecule has 2 N–H and O–H groups in total. The van der Waals surface area contributed by atoms with Crippen LogP contribution in [0.2, 0.25) is 0 Å². The largest absolute Gasteiger partial charge is 0.393 e. The highest BCUT2D eigenvalue weighted by molar-refractivity contribution is 5.97. The van der Waals surface area contributed by atoms with Gasteiger partial charge in [-0.2, -0.15) is 13.2 Å². The van der Waals surface area contributed by atoms with E-state index in [-0.39, 0.29) is 37.9 Å². The van der Waals surface area contributed by atoms with Gasteiger partial charge in [0, 0.05) is 48.2 Å². The van der Waals surface area contributed by atoms with Crippen LogP contribution < -0.4 is 10.2 Å². The van der Waals surface area contributed by atoms with Crippen molar-refractivity contribution in [2.45, 2.75) is 68.8 Å². The molecule has 3 unspecified atom stereocenters. The van der Waals surface area contributed by atoms with Crippen LogP contribution in [0.5, 0.6) is 0 Å². The molecule has 182 valence electrons. The number of hydrogen-bond donors (Lipinski definition) is 2. The summed E-state index contributed by atoms with van der Waals surface area (Å²) in [5, 5.41) is 14.3. The van der Waals surface area contributed by atoms with E-state index in [0.29, 0.717) is 18.5 Å². The Morgan fingerprint density at radius 3 is 2.65 bits per heavy atom. The van der Waals surface area contributed by atoms with Crippen LogP contribution in [0.3, 0.4) is 0 Å². The van der Waals surface area contributed by atoms with Crippen LogP contribution in [0.1, 0.15) is 56.6 Å². The van der Waals surface area contributed by atoms with Crippen molar-refractivity contribution in [2.75, 3.05) is 18.0 Å². The lowest BCUT2D eigenvalue weighted by Gasteiger charge is -2.41. The molecule has 1 amide bonds. The molecule has 1 aromatic carbocycles. The van der Waals surface area contributed by atoms with Gasteiger partial charge < -0.3 is 15.3 Å². The van der Waals surface area contributed by atoms with Crippen LogP contribution in [0.4, 0.5) is 18.9 Å². The van der Waals surface area contributed by atoms with Gasteiger partial charge in [-0.1, -0.05) is 25.3 Å². The number of amides is 1. The SMILES string of the molecule is O=C(CC1(O)CCCCC1)NC1CC(C(F)(F)F)CN(c2ccc(C3C=N3)c3ncccc23)C1. The van der Waals surface area contributed by atoms with E-state index >= 15 is 0 Å². The molecule has 3 aliphatic rings. The molecule has 1 saturated heterocycles. The summed E-state index contributed by atoms with van der Waals surface area (Å²) in [7, 11) is 0. The predicted octanol–water partition coefficient (Wildman–Crippen LogP) is 4.32. The van der Waals surface area contributed by atoms with Gasteiger partial charge in [0.1, 0.15) is 6.04 Å². The fourth-order valence-electron chi connectivity index (χ4n) is 5.50. The molecule has 0 radical (unpaired) electrons. The Labute approximate surface area is 196 Å². The smallest absolute Gasteiger partial charge is 0.389 e. The van der Waals surface area contributed by atoms with Crippen LogP contribution in [-0.4, -0.2) is 53.1 Å². The molecule has 3 atom stereocenters. The number of pyridine rings is 1. The van der Waals surface area contributed by atoms with Crippen molar-refractivity contribution in [3.05, 3.63) is 36.0 Å². The molecule has 0 bridgehead atoms. The van der Waals surface area contributed by atoms with E-state index in [0.717, 1.165) is 35.7 Å². The maximum Gasteiger partial charge on any atom is 0.393 e. The number of aliphatic imine (C=N–C) groups is 1. The van der Waals surface area contributed by atoms with Crippen molar-refractivity contribution in [2.24, 2.45) is 10.9 Å². The van der Waals surface area contributed by atoms with E-state index in [1.54, 1.807) is 17.2 Å². The van der Waals surface area contributed by atoms with Crippen LogP contribution in [-0.2, 0) is 4.79 Å². The number of rotatable bonds is 5. The molecule has 9 heteroatoms. The van der Waals surface area contributed by atoms with Crippen LogP contribution in [0.25, 0.3) is 10.9 Å². The molecule has 2 aliphatic heterocycles. The zero-order valence-corrected chi connectivity index (χ0v) is 18.9. The third-order valence-electron chi connectivity index (χ3n) is 7.29. The van der Waals surface area contributed by atoms with Gasteiger partial charge in [0.25, 0.3) is 0 Å². The van der Waals surface area contributed by atoms with E-state index in [1.807, 2.05) is 24.4 Å². The van der Waals surface area contributed by atoms with Gasteiger partial charge in [-0.15, -0.1) is 0 Å². The van der Waals surface area contributed by atoms with Crippen molar-refractivity contribution in [3.63, 3.8) is 0 Å². The summed E-state index contributed by atoms with van der Waals surface area (Å²) in [6, 6.07) is 6.67. The van der Waals surface area contributed by atoms with E-state index in [1.165, 1.54) is 0 Å². The number of fused-ring (bicyclic) bond motifs is 1. The van der Waals surface area contributed by atoms with Gasteiger partial charge in [0.05, 0.1) is 23.5 Å². The molecule has 2 aromatic rings. The number of carbonyl (C=O) groups excluding carboxylic acids is 1. The second-order valence-electron chi connectivity index (χ2n) is 9.92. The quantitative estimate of drug-likeness (QED) is 0.677. The predicted molar refractivity (Wildman–Crippen MR) is 124 cm³/mol. The van der Waals surface area contributed by atoms with E-state index in [9.17, 15) is 23.1 Å². The Hall–Kier alpha value is -2.68. The van der Waals surface area contributed by atoms with E-state index in [4.69, 9.17) is 0 Å². The molecule has 1 aromatic heterocycles. The lowest BCUT2D eigenvalue weighted by Crippen LogP contribution is -2.54. The molecule has 1 saturated carbocycles. The van der Waals surface area contributed by atoms with Crippen molar-refractivity contribution >= 4 is 28.7 Å². The van der Waals surface area contributed by atoms with Gasteiger partial charge in [0.15, 0.2) is 0 Å². The highest BCUT2D eigenvalue weighted by Gasteiger charge is 2.45. The molecule has 3 heterocycles. The van der Waals surface area contributed by atoms with Gasteiger partial charge in [-0.25, -0.2) is 0 Å². The number of benzene rings is 1. The van der Waals surface area contributed by atoms with E-state index < -0.39 is 23.7 Å². The van der Waals surface area contributed by atoms with Gasteiger partial charge >= 0.3 is 6.18 Å². The minimum atomic E-state index is -4.38. The molecule has 0 spiro atoms. The highest BCUT2D eigenvalue weighted by Crippen LogP contribution is 2.39. The first-order chi connectivity index (χ1) is 16.2. The molecule has 6 nitrogen and oxygen atoms in total. The number of halogens is 3. The topological polar surface area (TPSA) is 77.8 Å². The third-order valence-corrected chi connectivity index (χ3v) is 7.29. The summed E-state index contributed by atoms with van der Waals surface area (Å²) in [6.07, 6.45) is 2.73. The number of carbonyl (C=O) groups is 1. The van der Waals surface area contributed by atoms with Crippen LogP contribution in [0, 0.1) is 5.92 Å². The summed E-state index contributed by atoms with van der Waals surface area (Å²) in [6.45, 7) is 0.0864. The molecule has 5 rings (SSSR count). The second-order valence-corrected chi connectivity index (χ2v) is 9.92. The van der Waals surface area contributed by atoms with Gasteiger partial charge in [-0.05, 0) is 37.5 Å². The summed E-state index contributed by atoms with van der Waals surface area (Å²) < 4.78 is 41.6. The normalized spacial score (nSPS) is 26.5. The Morgan fingerprint density at radius 1 is 1.18 bits per heavy atom. The Balaban J connectivity index is 1.38. The molecule has 2 fully saturated rings. The number of nitrogens with one attached hydrogen (secondary N) is 1. The molecular weight excluding hydrogens is 445 g/mol. The lowest BCUT2D eigenvalue weighted by atomic mass is 9.82. The number of alkyl halides is 3. The first-order valence-electron chi connectivity index (χ1n) is 12.0. The maximum absolute atomic E-state index is 13.9. The highest BCUT2D eigenvalue weighted by atomic mass is 19.4. The number of anilines is 1. The van der Waals surface area contributed by atoms with Crippen molar-refractivity contribution < 1.29 is 23.1 Å². The van der Waals surface area contributed by atoms with Crippen LogP contribution in [0.15, 0.2) is 35.5 Å². The first kappa shape index (κ1) is 23.1. The number of aliphatic hydroxyl groups is 1. The number of piperidine rings is 1. The second kappa shape index (κ2) is 8.83.